The second kappa shape index (κ2) is 7.89. The highest BCUT2D eigenvalue weighted by atomic mass is 19.1. The predicted molar refractivity (Wildman–Crippen MR) is 80.2 cm³/mol. The van der Waals surface area contributed by atoms with E-state index >= 15 is 0 Å². The highest BCUT2D eigenvalue weighted by Gasteiger charge is 2.01. The molecule has 0 aliphatic rings. The van der Waals surface area contributed by atoms with E-state index in [-0.39, 0.29) is 18.1 Å². The topological polar surface area (TPSA) is 42.0 Å². The van der Waals surface area contributed by atoms with Gasteiger partial charge in [-0.15, -0.1) is 0 Å². The summed E-state index contributed by atoms with van der Waals surface area (Å²) >= 11 is 0. The van der Waals surface area contributed by atoms with E-state index in [1.807, 2.05) is 0 Å². The van der Waals surface area contributed by atoms with E-state index < -0.39 is 6.67 Å². The summed E-state index contributed by atoms with van der Waals surface area (Å²) in [5.74, 6) is 5.05. The molecule has 22 heavy (non-hydrogen) atoms. The van der Waals surface area contributed by atoms with Gasteiger partial charge in [0.05, 0.1) is 5.69 Å². The van der Waals surface area contributed by atoms with Crippen LogP contribution in [-0.4, -0.2) is 10.9 Å². The molecule has 0 atom stereocenters. The molecule has 0 spiro atoms. The van der Waals surface area contributed by atoms with Crippen LogP contribution in [0.5, 0.6) is 0 Å². The summed E-state index contributed by atoms with van der Waals surface area (Å²) in [6, 6.07) is 10.5. The van der Waals surface area contributed by atoms with Gasteiger partial charge in [0, 0.05) is 18.5 Å². The van der Waals surface area contributed by atoms with Crippen LogP contribution < -0.4 is 5.32 Å². The Bertz CT molecular complexity index is 703. The molecule has 0 bridgehead atoms. The molecular formula is C17H14F2N2O. The third kappa shape index (κ3) is 4.98. The van der Waals surface area contributed by atoms with Gasteiger partial charge in [0.1, 0.15) is 18.2 Å². The molecule has 2 aromatic rings. The number of carbonyl (C=O) groups excluding carboxylic acids is 1. The van der Waals surface area contributed by atoms with Gasteiger partial charge in [-0.3, -0.25) is 4.79 Å². The molecule has 1 aromatic heterocycles. The van der Waals surface area contributed by atoms with Crippen molar-refractivity contribution in [3.8, 4) is 11.8 Å². The van der Waals surface area contributed by atoms with Crippen LogP contribution >= 0.6 is 0 Å². The number of pyridine rings is 1. The van der Waals surface area contributed by atoms with Gasteiger partial charge < -0.3 is 5.32 Å². The van der Waals surface area contributed by atoms with E-state index in [4.69, 9.17) is 0 Å². The smallest absolute Gasteiger partial charge is 0.225 e. The zero-order chi connectivity index (χ0) is 15.8. The standard InChI is InChI=1S/C17H14F2N2O/c18-12-16-6-3-5-14(20-16)4-1-2-7-17(22)21-15-10-8-13(19)9-11-15/h3,5-6,8-11H,2,7,12H2,(H,21,22). The number of alkyl halides is 1. The number of carbonyl (C=O) groups is 1. The van der Waals surface area contributed by atoms with Gasteiger partial charge in [0.2, 0.25) is 5.91 Å². The SMILES string of the molecule is O=C(CCC#Cc1cccc(CF)n1)Nc1ccc(F)cc1. The Morgan fingerprint density at radius 3 is 2.68 bits per heavy atom. The lowest BCUT2D eigenvalue weighted by Gasteiger charge is -2.02. The molecule has 0 aliphatic heterocycles. The van der Waals surface area contributed by atoms with Crippen molar-refractivity contribution in [1.82, 2.24) is 4.98 Å². The maximum atomic E-state index is 12.7. The average molecular weight is 300 g/mol. The summed E-state index contributed by atoms with van der Waals surface area (Å²) in [5, 5.41) is 2.65. The largest absolute Gasteiger partial charge is 0.326 e. The number of nitrogens with one attached hydrogen (secondary N) is 1. The fourth-order valence-electron chi connectivity index (χ4n) is 1.71. The van der Waals surface area contributed by atoms with Crippen LogP contribution in [-0.2, 0) is 11.5 Å². The van der Waals surface area contributed by atoms with Crippen molar-refractivity contribution in [3.63, 3.8) is 0 Å². The van der Waals surface area contributed by atoms with Crippen molar-refractivity contribution >= 4 is 11.6 Å². The molecule has 0 fully saturated rings. The number of aromatic nitrogens is 1. The second-order valence-corrected chi connectivity index (χ2v) is 4.50. The molecular weight excluding hydrogens is 286 g/mol. The normalized spacial score (nSPS) is 9.73. The van der Waals surface area contributed by atoms with Gasteiger partial charge >= 0.3 is 0 Å². The molecule has 0 saturated carbocycles. The first kappa shape index (κ1) is 15.6. The van der Waals surface area contributed by atoms with Crippen LogP contribution in [0.1, 0.15) is 24.2 Å². The predicted octanol–water partition coefficient (Wildman–Crippen LogP) is 3.46. The van der Waals surface area contributed by atoms with Gasteiger partial charge in [-0.05, 0) is 42.3 Å². The van der Waals surface area contributed by atoms with E-state index in [1.54, 1.807) is 18.2 Å². The Morgan fingerprint density at radius 1 is 1.18 bits per heavy atom. The quantitative estimate of drug-likeness (QED) is 0.879. The Labute approximate surface area is 127 Å². The molecule has 1 heterocycles. The van der Waals surface area contributed by atoms with Crippen LogP contribution in [0.25, 0.3) is 0 Å². The fraction of sp³-hybridized carbons (Fsp3) is 0.176. The molecule has 0 unspecified atom stereocenters. The first-order valence-corrected chi connectivity index (χ1v) is 6.73. The van der Waals surface area contributed by atoms with E-state index in [1.165, 1.54) is 24.3 Å². The molecule has 0 radical (unpaired) electrons. The highest BCUT2D eigenvalue weighted by Crippen LogP contribution is 2.08. The lowest BCUT2D eigenvalue weighted by atomic mass is 10.2. The molecule has 112 valence electrons. The summed E-state index contributed by atoms with van der Waals surface area (Å²) in [6.07, 6.45) is 0.571. The number of hydrogen-bond donors (Lipinski definition) is 1. The highest BCUT2D eigenvalue weighted by molar-refractivity contribution is 5.90. The number of nitrogens with zero attached hydrogens (tertiary/aromatic N) is 1. The lowest BCUT2D eigenvalue weighted by molar-refractivity contribution is -0.116. The Kier molecular flexibility index (Phi) is 5.61. The molecule has 1 aromatic carbocycles. The number of benzene rings is 1. The van der Waals surface area contributed by atoms with E-state index in [0.717, 1.165) is 0 Å². The monoisotopic (exact) mass is 300 g/mol. The minimum absolute atomic E-state index is 0.202. The Balaban J connectivity index is 1.82. The summed E-state index contributed by atoms with van der Waals surface area (Å²) in [6.45, 7) is -0.629. The molecule has 0 saturated heterocycles. The van der Waals surface area contributed by atoms with Crippen molar-refractivity contribution in [2.75, 3.05) is 5.32 Å². The average Bonchev–Trinajstić information content (AvgIpc) is 2.54. The number of hydrogen-bond acceptors (Lipinski definition) is 2. The molecule has 5 heteroatoms. The van der Waals surface area contributed by atoms with Gasteiger partial charge in [-0.25, -0.2) is 13.8 Å². The number of amides is 1. The maximum absolute atomic E-state index is 12.7. The van der Waals surface area contributed by atoms with Crippen LogP contribution in [0, 0.1) is 17.7 Å². The zero-order valence-corrected chi connectivity index (χ0v) is 11.8. The molecule has 1 amide bonds. The summed E-state index contributed by atoms with van der Waals surface area (Å²) < 4.78 is 25.2. The molecule has 2 rings (SSSR count). The number of rotatable bonds is 4. The van der Waals surface area contributed by atoms with Crippen molar-refractivity contribution in [3.05, 3.63) is 59.7 Å². The van der Waals surface area contributed by atoms with Crippen LogP contribution in [0.4, 0.5) is 14.5 Å². The Morgan fingerprint density at radius 2 is 1.95 bits per heavy atom. The van der Waals surface area contributed by atoms with Crippen LogP contribution in [0.15, 0.2) is 42.5 Å². The third-order valence-electron chi connectivity index (χ3n) is 2.77. The summed E-state index contributed by atoms with van der Waals surface area (Å²) in [5.41, 5.74) is 1.35. The summed E-state index contributed by atoms with van der Waals surface area (Å²) in [7, 11) is 0. The minimum Gasteiger partial charge on any atom is -0.326 e. The number of halogens is 2. The second-order valence-electron chi connectivity index (χ2n) is 4.50. The zero-order valence-electron chi connectivity index (χ0n) is 11.8. The van der Waals surface area contributed by atoms with E-state index in [9.17, 15) is 13.6 Å². The van der Waals surface area contributed by atoms with Gasteiger partial charge in [0.15, 0.2) is 0 Å². The first-order valence-electron chi connectivity index (χ1n) is 6.73. The molecule has 0 aliphatic carbocycles. The number of anilines is 1. The molecule has 1 N–H and O–H groups in total. The lowest BCUT2D eigenvalue weighted by Crippen LogP contribution is -2.10. The minimum atomic E-state index is -0.629. The van der Waals surface area contributed by atoms with Crippen molar-refractivity contribution < 1.29 is 13.6 Å². The van der Waals surface area contributed by atoms with E-state index in [0.29, 0.717) is 23.5 Å². The van der Waals surface area contributed by atoms with Crippen molar-refractivity contribution in [2.45, 2.75) is 19.5 Å². The third-order valence-corrected chi connectivity index (χ3v) is 2.77. The van der Waals surface area contributed by atoms with Crippen molar-refractivity contribution in [2.24, 2.45) is 0 Å². The first-order chi connectivity index (χ1) is 10.7. The van der Waals surface area contributed by atoms with Gasteiger partial charge in [0.25, 0.3) is 0 Å². The van der Waals surface area contributed by atoms with Crippen molar-refractivity contribution in [1.29, 1.82) is 0 Å². The maximum Gasteiger partial charge on any atom is 0.225 e. The summed E-state index contributed by atoms with van der Waals surface area (Å²) in [4.78, 5) is 15.7. The Hall–Kier alpha value is -2.74. The van der Waals surface area contributed by atoms with Gasteiger partial charge in [-0.1, -0.05) is 12.0 Å². The van der Waals surface area contributed by atoms with Crippen LogP contribution in [0.2, 0.25) is 0 Å². The van der Waals surface area contributed by atoms with E-state index in [2.05, 4.69) is 22.1 Å². The van der Waals surface area contributed by atoms with Crippen LogP contribution in [0.3, 0.4) is 0 Å². The van der Waals surface area contributed by atoms with Gasteiger partial charge in [-0.2, -0.15) is 0 Å². The fourth-order valence-corrected chi connectivity index (χ4v) is 1.71. The molecule has 3 nitrogen and oxygen atoms in total.